The zero-order valence-electron chi connectivity index (χ0n) is 15.0. The summed E-state index contributed by atoms with van der Waals surface area (Å²) in [6.45, 7) is 3.23. The van der Waals surface area contributed by atoms with Gasteiger partial charge >= 0.3 is 5.97 Å². The van der Waals surface area contributed by atoms with Gasteiger partial charge in [-0.2, -0.15) is 0 Å². The maximum atomic E-state index is 12.6. The third-order valence-corrected chi connectivity index (χ3v) is 4.57. The van der Waals surface area contributed by atoms with Gasteiger partial charge in [0.05, 0.1) is 16.8 Å². The number of ketones is 1. The quantitative estimate of drug-likeness (QED) is 0.392. The van der Waals surface area contributed by atoms with E-state index in [0.717, 1.165) is 21.9 Å². The fourth-order valence-electron chi connectivity index (χ4n) is 3.23. The molecule has 4 rings (SSSR count). The van der Waals surface area contributed by atoms with Crippen LogP contribution in [0.1, 0.15) is 32.2 Å². The maximum Gasteiger partial charge on any atom is 0.340 e. The highest BCUT2D eigenvalue weighted by Crippen LogP contribution is 2.23. The highest BCUT2D eigenvalue weighted by Gasteiger charge is 2.20. The molecule has 0 fully saturated rings. The van der Waals surface area contributed by atoms with Crippen LogP contribution in [-0.4, -0.2) is 23.3 Å². The first kappa shape index (κ1) is 17.0. The SMILES string of the molecule is Cc1nc2ccccc2c(C)c1C(=O)OCC(=O)c1cc2ccccc2o1. The van der Waals surface area contributed by atoms with Crippen molar-refractivity contribution >= 4 is 33.6 Å². The number of fused-ring (bicyclic) bond motifs is 2. The summed E-state index contributed by atoms with van der Waals surface area (Å²) in [6.07, 6.45) is 0. The summed E-state index contributed by atoms with van der Waals surface area (Å²) in [5.41, 5.74) is 3.21. The highest BCUT2D eigenvalue weighted by atomic mass is 16.5. The summed E-state index contributed by atoms with van der Waals surface area (Å²) in [4.78, 5) is 29.4. The normalized spacial score (nSPS) is 11.0. The topological polar surface area (TPSA) is 69.4 Å². The van der Waals surface area contributed by atoms with Gasteiger partial charge in [0.1, 0.15) is 5.58 Å². The van der Waals surface area contributed by atoms with E-state index >= 15 is 0 Å². The standard InChI is InChI=1S/C22H17NO4/c1-13-16-8-4-5-9-17(16)23-14(2)21(13)22(25)26-12-18(24)20-11-15-7-3-6-10-19(15)27-20/h3-11H,12H2,1-2H3. The molecule has 0 aliphatic carbocycles. The molecule has 5 nitrogen and oxygen atoms in total. The molecule has 0 saturated heterocycles. The van der Waals surface area contributed by atoms with Crippen molar-refractivity contribution in [3.8, 4) is 0 Å². The number of hydrogen-bond donors (Lipinski definition) is 0. The van der Waals surface area contributed by atoms with Gasteiger partial charge in [0.2, 0.25) is 5.78 Å². The van der Waals surface area contributed by atoms with E-state index in [9.17, 15) is 9.59 Å². The van der Waals surface area contributed by atoms with E-state index in [-0.39, 0.29) is 18.2 Å². The van der Waals surface area contributed by atoms with Crippen molar-refractivity contribution in [3.05, 3.63) is 77.2 Å². The van der Waals surface area contributed by atoms with Gasteiger partial charge in [-0.15, -0.1) is 0 Å². The number of rotatable bonds is 4. The lowest BCUT2D eigenvalue weighted by molar-refractivity contribution is 0.0466. The minimum Gasteiger partial charge on any atom is -0.453 e. The fraction of sp³-hybridized carbons (Fsp3) is 0.136. The van der Waals surface area contributed by atoms with Gasteiger partial charge in [0.25, 0.3) is 0 Å². The Morgan fingerprint density at radius 2 is 1.78 bits per heavy atom. The van der Waals surface area contributed by atoms with Gasteiger partial charge < -0.3 is 9.15 Å². The molecule has 0 radical (unpaired) electrons. The minimum absolute atomic E-state index is 0.175. The number of esters is 1. The molecule has 0 unspecified atom stereocenters. The number of ether oxygens (including phenoxy) is 1. The third-order valence-electron chi connectivity index (χ3n) is 4.57. The Morgan fingerprint density at radius 3 is 2.59 bits per heavy atom. The molecule has 0 amide bonds. The Balaban J connectivity index is 1.55. The summed E-state index contributed by atoms with van der Waals surface area (Å²) >= 11 is 0. The monoisotopic (exact) mass is 359 g/mol. The van der Waals surface area contributed by atoms with E-state index in [1.165, 1.54) is 0 Å². The second kappa shape index (κ2) is 6.68. The molecule has 134 valence electrons. The summed E-state index contributed by atoms with van der Waals surface area (Å²) in [6, 6.07) is 16.6. The van der Waals surface area contributed by atoms with Gasteiger partial charge in [-0.3, -0.25) is 9.78 Å². The minimum atomic E-state index is -0.562. The zero-order chi connectivity index (χ0) is 19.0. The predicted molar refractivity (Wildman–Crippen MR) is 102 cm³/mol. The summed E-state index contributed by atoms with van der Waals surface area (Å²) in [5.74, 6) is -0.773. The first-order chi connectivity index (χ1) is 13.0. The lowest BCUT2D eigenvalue weighted by Gasteiger charge is -2.11. The number of Topliss-reactive ketones (excluding diaryl/α,β-unsaturated/α-hetero) is 1. The first-order valence-corrected chi connectivity index (χ1v) is 8.59. The summed E-state index contributed by atoms with van der Waals surface area (Å²) in [7, 11) is 0. The number of benzene rings is 2. The molecule has 0 bridgehead atoms. The van der Waals surface area contributed by atoms with E-state index in [2.05, 4.69) is 4.98 Å². The molecule has 0 N–H and O–H groups in total. The van der Waals surface area contributed by atoms with Crippen LogP contribution in [0.5, 0.6) is 0 Å². The van der Waals surface area contributed by atoms with Crippen molar-refractivity contribution < 1.29 is 18.7 Å². The molecular weight excluding hydrogens is 342 g/mol. The van der Waals surface area contributed by atoms with Gasteiger partial charge in [0.15, 0.2) is 12.4 Å². The number of hydrogen-bond acceptors (Lipinski definition) is 5. The van der Waals surface area contributed by atoms with E-state index in [1.807, 2.05) is 49.4 Å². The van der Waals surface area contributed by atoms with Crippen molar-refractivity contribution in [3.63, 3.8) is 0 Å². The number of para-hydroxylation sites is 2. The first-order valence-electron chi connectivity index (χ1n) is 8.59. The average Bonchev–Trinajstić information content (AvgIpc) is 3.10. The Bertz CT molecular complexity index is 1160. The van der Waals surface area contributed by atoms with Crippen LogP contribution in [0.3, 0.4) is 0 Å². The van der Waals surface area contributed by atoms with Gasteiger partial charge in [-0.05, 0) is 37.6 Å². The third kappa shape index (κ3) is 3.08. The van der Waals surface area contributed by atoms with Crippen LogP contribution in [0.2, 0.25) is 0 Å². The molecule has 0 saturated carbocycles. The van der Waals surface area contributed by atoms with Crippen LogP contribution in [0.4, 0.5) is 0 Å². The lowest BCUT2D eigenvalue weighted by atomic mass is 10.0. The predicted octanol–water partition coefficient (Wildman–Crippen LogP) is 4.64. The molecular formula is C22H17NO4. The molecule has 4 aromatic rings. The van der Waals surface area contributed by atoms with Crippen LogP contribution in [0.25, 0.3) is 21.9 Å². The van der Waals surface area contributed by atoms with Crippen LogP contribution in [-0.2, 0) is 4.74 Å². The second-order valence-electron chi connectivity index (χ2n) is 6.36. The molecule has 2 aromatic heterocycles. The number of aryl methyl sites for hydroxylation is 2. The second-order valence-corrected chi connectivity index (χ2v) is 6.36. The van der Waals surface area contributed by atoms with Crippen molar-refractivity contribution in [2.75, 3.05) is 6.61 Å². The molecule has 5 heteroatoms. The van der Waals surface area contributed by atoms with Gasteiger partial charge in [-0.1, -0.05) is 36.4 Å². The van der Waals surface area contributed by atoms with Gasteiger partial charge in [-0.25, -0.2) is 4.79 Å². The van der Waals surface area contributed by atoms with Crippen LogP contribution >= 0.6 is 0 Å². The van der Waals surface area contributed by atoms with Crippen molar-refractivity contribution in [1.29, 1.82) is 0 Å². The van der Waals surface area contributed by atoms with Crippen molar-refractivity contribution in [2.45, 2.75) is 13.8 Å². The largest absolute Gasteiger partial charge is 0.453 e. The Hall–Kier alpha value is -3.47. The van der Waals surface area contributed by atoms with Crippen LogP contribution in [0, 0.1) is 13.8 Å². The molecule has 2 aromatic carbocycles. The summed E-state index contributed by atoms with van der Waals surface area (Å²) < 4.78 is 10.8. The van der Waals surface area contributed by atoms with Crippen LogP contribution in [0.15, 0.2) is 59.0 Å². The number of nitrogens with zero attached hydrogens (tertiary/aromatic N) is 1. The van der Waals surface area contributed by atoms with Crippen LogP contribution < -0.4 is 0 Å². The molecule has 27 heavy (non-hydrogen) atoms. The van der Waals surface area contributed by atoms with E-state index in [4.69, 9.17) is 9.15 Å². The van der Waals surface area contributed by atoms with Crippen molar-refractivity contribution in [1.82, 2.24) is 4.98 Å². The maximum absolute atomic E-state index is 12.6. The van der Waals surface area contributed by atoms with E-state index < -0.39 is 5.97 Å². The molecule has 0 spiro atoms. The van der Waals surface area contributed by atoms with Gasteiger partial charge in [0, 0.05) is 10.8 Å². The fourth-order valence-corrected chi connectivity index (χ4v) is 3.23. The number of pyridine rings is 1. The summed E-state index contributed by atoms with van der Waals surface area (Å²) in [5, 5.41) is 1.72. The lowest BCUT2D eigenvalue weighted by Crippen LogP contribution is -2.16. The number of carbonyl (C=O) groups is 2. The number of furan rings is 1. The Labute approximate surface area is 155 Å². The van der Waals surface area contributed by atoms with E-state index in [0.29, 0.717) is 16.8 Å². The Morgan fingerprint density at radius 1 is 1.04 bits per heavy atom. The zero-order valence-corrected chi connectivity index (χ0v) is 15.0. The molecule has 2 heterocycles. The average molecular weight is 359 g/mol. The van der Waals surface area contributed by atoms with Crippen molar-refractivity contribution in [2.24, 2.45) is 0 Å². The number of aromatic nitrogens is 1. The molecule has 0 atom stereocenters. The molecule has 0 aliphatic rings. The molecule has 0 aliphatic heterocycles. The Kier molecular flexibility index (Phi) is 4.20. The smallest absolute Gasteiger partial charge is 0.340 e. The highest BCUT2D eigenvalue weighted by molar-refractivity contribution is 6.02. The van der Waals surface area contributed by atoms with E-state index in [1.54, 1.807) is 19.1 Å². The number of carbonyl (C=O) groups excluding carboxylic acids is 2.